The maximum absolute atomic E-state index is 13.6. The van der Waals surface area contributed by atoms with Crippen molar-refractivity contribution >= 4 is 22.6 Å². The highest BCUT2D eigenvalue weighted by Gasteiger charge is 2.15. The first-order valence-electron chi connectivity index (χ1n) is 7.06. The molecule has 0 aliphatic heterocycles. The molecule has 0 fully saturated rings. The minimum Gasteiger partial charge on any atom is -0.505 e. The van der Waals surface area contributed by atoms with E-state index in [0.29, 0.717) is 28.0 Å². The summed E-state index contributed by atoms with van der Waals surface area (Å²) in [5, 5.41) is 10.5. The van der Waals surface area contributed by atoms with Gasteiger partial charge in [-0.2, -0.15) is 0 Å². The van der Waals surface area contributed by atoms with Crippen LogP contribution < -0.4 is 5.63 Å². The number of halogens is 2. The Bertz CT molecular complexity index is 976. The molecule has 1 aromatic heterocycles. The first-order valence-corrected chi connectivity index (χ1v) is 7.44. The van der Waals surface area contributed by atoms with Crippen molar-refractivity contribution in [2.75, 3.05) is 0 Å². The van der Waals surface area contributed by atoms with Crippen molar-refractivity contribution in [3.8, 4) is 5.75 Å². The maximum atomic E-state index is 13.6. The fraction of sp³-hybridized carbons (Fsp3) is 0.167. The number of rotatable bonds is 2. The average molecular weight is 333 g/mol. The Morgan fingerprint density at radius 2 is 1.96 bits per heavy atom. The lowest BCUT2D eigenvalue weighted by atomic mass is 9.99. The number of phenols is 1. The van der Waals surface area contributed by atoms with Gasteiger partial charge in [0.15, 0.2) is 11.6 Å². The second-order valence-electron chi connectivity index (χ2n) is 5.55. The van der Waals surface area contributed by atoms with Gasteiger partial charge in [-0.3, -0.25) is 0 Å². The van der Waals surface area contributed by atoms with E-state index in [0.717, 1.165) is 17.2 Å². The summed E-state index contributed by atoms with van der Waals surface area (Å²) >= 11 is 6.11. The zero-order valence-corrected chi connectivity index (χ0v) is 13.4. The summed E-state index contributed by atoms with van der Waals surface area (Å²) in [6.45, 7) is 3.64. The molecule has 1 N–H and O–H groups in total. The van der Waals surface area contributed by atoms with Gasteiger partial charge < -0.3 is 9.52 Å². The highest BCUT2D eigenvalue weighted by atomic mass is 35.5. The molecule has 3 nitrogen and oxygen atoms in total. The van der Waals surface area contributed by atoms with E-state index >= 15 is 0 Å². The number of fused-ring (bicyclic) bond motifs is 1. The lowest BCUT2D eigenvalue weighted by Gasteiger charge is -2.09. The lowest BCUT2D eigenvalue weighted by Crippen LogP contribution is -2.11. The van der Waals surface area contributed by atoms with Crippen LogP contribution in [0.2, 0.25) is 5.02 Å². The molecular weight excluding hydrogens is 319 g/mol. The highest BCUT2D eigenvalue weighted by Crippen LogP contribution is 2.27. The topological polar surface area (TPSA) is 50.4 Å². The van der Waals surface area contributed by atoms with Gasteiger partial charge in [-0.15, -0.1) is 0 Å². The molecule has 118 valence electrons. The minimum absolute atomic E-state index is 0.164. The molecule has 3 aromatic rings. The second kappa shape index (κ2) is 5.70. The Kier molecular flexibility index (Phi) is 3.86. The summed E-state index contributed by atoms with van der Waals surface area (Å²) in [5.41, 5.74) is 2.56. The number of aromatic hydroxyl groups is 1. The molecule has 5 heteroatoms. The molecule has 0 saturated heterocycles. The van der Waals surface area contributed by atoms with Crippen LogP contribution in [0.5, 0.6) is 5.75 Å². The van der Waals surface area contributed by atoms with Gasteiger partial charge in [0.25, 0.3) is 0 Å². The molecule has 1 heterocycles. The van der Waals surface area contributed by atoms with Gasteiger partial charge in [0, 0.05) is 28.5 Å². The maximum Gasteiger partial charge on any atom is 0.340 e. The number of aryl methyl sites for hydroxylation is 2. The quantitative estimate of drug-likeness (QED) is 0.703. The van der Waals surface area contributed by atoms with E-state index in [4.69, 9.17) is 16.0 Å². The van der Waals surface area contributed by atoms with Gasteiger partial charge in [-0.1, -0.05) is 23.7 Å². The third kappa shape index (κ3) is 2.82. The van der Waals surface area contributed by atoms with E-state index in [1.165, 1.54) is 6.07 Å². The molecule has 0 unspecified atom stereocenters. The van der Waals surface area contributed by atoms with Crippen molar-refractivity contribution in [2.45, 2.75) is 20.3 Å². The number of benzene rings is 2. The number of hydrogen-bond acceptors (Lipinski definition) is 3. The first kappa shape index (κ1) is 15.6. The Labute approximate surface area is 136 Å². The van der Waals surface area contributed by atoms with Gasteiger partial charge in [-0.05, 0) is 42.7 Å². The summed E-state index contributed by atoms with van der Waals surface area (Å²) in [6, 6.07) is 7.87. The predicted molar refractivity (Wildman–Crippen MR) is 87.8 cm³/mol. The van der Waals surface area contributed by atoms with Crippen molar-refractivity contribution in [1.29, 1.82) is 0 Å². The van der Waals surface area contributed by atoms with E-state index in [2.05, 4.69) is 0 Å². The van der Waals surface area contributed by atoms with Crippen LogP contribution in [0.1, 0.15) is 22.3 Å². The third-order valence-corrected chi connectivity index (χ3v) is 4.38. The van der Waals surface area contributed by atoms with Crippen molar-refractivity contribution in [1.82, 2.24) is 0 Å². The molecule has 0 aliphatic rings. The summed E-state index contributed by atoms with van der Waals surface area (Å²) in [7, 11) is 0. The lowest BCUT2D eigenvalue weighted by molar-refractivity contribution is 0.431. The largest absolute Gasteiger partial charge is 0.505 e. The number of hydrogen-bond donors (Lipinski definition) is 1. The first-order chi connectivity index (χ1) is 10.9. The Balaban J connectivity index is 2.15. The molecule has 2 aromatic carbocycles. The van der Waals surface area contributed by atoms with E-state index < -0.39 is 17.2 Å². The van der Waals surface area contributed by atoms with E-state index in [-0.39, 0.29) is 5.58 Å². The zero-order chi connectivity index (χ0) is 16.7. The molecule has 0 radical (unpaired) electrons. The average Bonchev–Trinajstić information content (AvgIpc) is 2.49. The van der Waals surface area contributed by atoms with Crippen LogP contribution in [0.15, 0.2) is 39.5 Å². The van der Waals surface area contributed by atoms with Crippen molar-refractivity contribution < 1.29 is 13.9 Å². The fourth-order valence-corrected chi connectivity index (χ4v) is 2.76. The molecule has 0 atom stereocenters. The highest BCUT2D eigenvalue weighted by molar-refractivity contribution is 6.31. The SMILES string of the molecule is Cc1ccc(Cc2c(C)c3cc(F)c(O)cc3oc2=O)cc1Cl. The molecule has 0 bridgehead atoms. The minimum atomic E-state index is -0.751. The van der Waals surface area contributed by atoms with Gasteiger partial charge in [0.1, 0.15) is 5.58 Å². The fourth-order valence-electron chi connectivity index (χ4n) is 2.55. The molecule has 0 amide bonds. The molecule has 0 spiro atoms. The standard InChI is InChI=1S/C18H14ClFO3/c1-9-3-4-11(6-14(9)19)5-13-10(2)12-7-15(20)16(21)8-17(12)23-18(13)22/h3-4,6-8,21H,5H2,1-2H3. The van der Waals surface area contributed by atoms with Crippen LogP contribution in [0.3, 0.4) is 0 Å². The Morgan fingerprint density at radius 1 is 1.22 bits per heavy atom. The van der Waals surface area contributed by atoms with Crippen molar-refractivity contribution in [3.63, 3.8) is 0 Å². The van der Waals surface area contributed by atoms with E-state index in [1.807, 2.05) is 19.1 Å². The molecule has 0 saturated carbocycles. The van der Waals surface area contributed by atoms with Crippen molar-refractivity contribution in [2.24, 2.45) is 0 Å². The smallest absolute Gasteiger partial charge is 0.340 e. The third-order valence-electron chi connectivity index (χ3n) is 3.97. The van der Waals surface area contributed by atoms with E-state index in [9.17, 15) is 14.3 Å². The van der Waals surface area contributed by atoms with Gasteiger partial charge >= 0.3 is 5.63 Å². The zero-order valence-electron chi connectivity index (χ0n) is 12.6. The number of phenolic OH excluding ortho intramolecular Hbond substituents is 1. The Morgan fingerprint density at radius 3 is 2.65 bits per heavy atom. The van der Waals surface area contributed by atoms with Crippen LogP contribution in [0.25, 0.3) is 11.0 Å². The molecule has 3 rings (SSSR count). The molecule has 0 aliphatic carbocycles. The summed E-state index contributed by atoms with van der Waals surface area (Å²) in [5.74, 6) is -1.29. The summed E-state index contributed by atoms with van der Waals surface area (Å²) in [4.78, 5) is 12.2. The van der Waals surface area contributed by atoms with E-state index in [1.54, 1.807) is 13.0 Å². The Hall–Kier alpha value is -2.33. The van der Waals surface area contributed by atoms with Crippen LogP contribution in [-0.2, 0) is 6.42 Å². The van der Waals surface area contributed by atoms with Gasteiger partial charge in [-0.25, -0.2) is 9.18 Å². The normalized spacial score (nSPS) is 11.1. The summed E-state index contributed by atoms with van der Waals surface area (Å²) in [6.07, 6.45) is 0.340. The summed E-state index contributed by atoms with van der Waals surface area (Å²) < 4.78 is 18.8. The second-order valence-corrected chi connectivity index (χ2v) is 5.96. The van der Waals surface area contributed by atoms with Crippen LogP contribution >= 0.6 is 11.6 Å². The monoisotopic (exact) mass is 332 g/mol. The van der Waals surface area contributed by atoms with Crippen LogP contribution in [0, 0.1) is 19.7 Å². The molecular formula is C18H14ClFO3. The van der Waals surface area contributed by atoms with Gasteiger partial charge in [0.05, 0.1) is 0 Å². The van der Waals surface area contributed by atoms with Crippen LogP contribution in [0.4, 0.5) is 4.39 Å². The van der Waals surface area contributed by atoms with Gasteiger partial charge in [0.2, 0.25) is 0 Å². The van der Waals surface area contributed by atoms with Crippen molar-refractivity contribution in [3.05, 3.63) is 73.8 Å². The van der Waals surface area contributed by atoms with Crippen LogP contribution in [-0.4, -0.2) is 5.11 Å². The molecule has 23 heavy (non-hydrogen) atoms. The predicted octanol–water partition coefficient (Wildman–Crippen LogP) is 4.50.